The summed E-state index contributed by atoms with van der Waals surface area (Å²) >= 11 is 0. The molecule has 8 heteroatoms. The second-order valence-electron chi connectivity index (χ2n) is 12.2. The summed E-state index contributed by atoms with van der Waals surface area (Å²) in [5, 5.41) is 33.9. The lowest BCUT2D eigenvalue weighted by Gasteiger charge is -2.17. The fourth-order valence-electron chi connectivity index (χ4n) is 4.25. The van der Waals surface area contributed by atoms with E-state index in [2.05, 4.69) is 38.2 Å². The Morgan fingerprint density at radius 3 is 2.36 bits per heavy atom. The van der Waals surface area contributed by atoms with Gasteiger partial charge in [0.15, 0.2) is 6.29 Å². The number of rotatable bonds is 18. The minimum Gasteiger partial charge on any atom is -0.494 e. The first-order valence-corrected chi connectivity index (χ1v) is 15.8. The van der Waals surface area contributed by atoms with Gasteiger partial charge in [0.25, 0.3) is 0 Å². The molecule has 0 saturated carbocycles. The first-order valence-electron chi connectivity index (χ1n) is 15.8. The van der Waals surface area contributed by atoms with Gasteiger partial charge in [-0.2, -0.15) is 10.5 Å². The van der Waals surface area contributed by atoms with Gasteiger partial charge in [-0.25, -0.2) is 0 Å². The molecule has 2 rings (SSSR count). The highest BCUT2D eigenvalue weighted by atomic mass is 16.6. The number of aliphatic hydroxyl groups excluding tert-OH is 1. The highest BCUT2D eigenvalue weighted by Crippen LogP contribution is 2.31. The predicted molar refractivity (Wildman–Crippen MR) is 187 cm³/mol. The number of ether oxygens (including phenoxy) is 4. The van der Waals surface area contributed by atoms with E-state index in [0.717, 1.165) is 12.1 Å². The maximum atomic E-state index is 10.4. The van der Waals surface area contributed by atoms with Crippen LogP contribution in [0.3, 0.4) is 0 Å². The molecule has 0 saturated heterocycles. The number of hydrogen-bond acceptors (Lipinski definition) is 8. The molecule has 2 aromatic rings. The zero-order chi connectivity index (χ0) is 34.7. The van der Waals surface area contributed by atoms with Crippen LogP contribution in [0.25, 0.3) is 5.57 Å². The fraction of sp³-hybridized carbons (Fsp3) is 0.385. The Bertz CT molecular complexity index is 1520. The van der Waals surface area contributed by atoms with E-state index >= 15 is 0 Å². The van der Waals surface area contributed by atoms with Crippen LogP contribution in [0.15, 0.2) is 102 Å². The zero-order valence-corrected chi connectivity index (χ0v) is 28.7. The second kappa shape index (κ2) is 20.5. The van der Waals surface area contributed by atoms with Crippen molar-refractivity contribution in [1.82, 2.24) is 5.32 Å². The predicted octanol–water partition coefficient (Wildman–Crippen LogP) is 8.61. The molecule has 47 heavy (non-hydrogen) atoms. The molecule has 0 bridgehead atoms. The van der Waals surface area contributed by atoms with E-state index in [1.54, 1.807) is 19.4 Å². The van der Waals surface area contributed by atoms with Crippen molar-refractivity contribution in [3.63, 3.8) is 0 Å². The van der Waals surface area contributed by atoms with Gasteiger partial charge in [-0.1, -0.05) is 64.1 Å². The van der Waals surface area contributed by atoms with Crippen molar-refractivity contribution >= 4 is 5.57 Å². The molecule has 0 aliphatic carbocycles. The van der Waals surface area contributed by atoms with E-state index in [1.807, 2.05) is 93.6 Å². The van der Waals surface area contributed by atoms with Crippen molar-refractivity contribution < 1.29 is 24.1 Å². The quantitative estimate of drug-likeness (QED) is 0.0721. The van der Waals surface area contributed by atoms with Gasteiger partial charge in [0.1, 0.15) is 29.4 Å². The van der Waals surface area contributed by atoms with Crippen LogP contribution < -0.4 is 14.8 Å². The maximum Gasteiger partial charge on any atom is 0.157 e. The van der Waals surface area contributed by atoms with Crippen LogP contribution in [-0.2, 0) is 9.47 Å². The normalized spacial score (nSPS) is 14.3. The Kier molecular flexibility index (Phi) is 16.8. The smallest absolute Gasteiger partial charge is 0.157 e. The third-order valence-corrected chi connectivity index (χ3v) is 6.76. The minimum atomic E-state index is -0.899. The van der Waals surface area contributed by atoms with E-state index in [0.29, 0.717) is 54.6 Å². The van der Waals surface area contributed by atoms with Crippen LogP contribution in [-0.4, -0.2) is 38.3 Å². The SMILES string of the molecule is CCOc1cccc(Oc2cccc(C(/C=C(/C)N/C=C/CC(C)C(O)OCCOC)=C(C#N)/C(C#N)=C\C=C\CC(C)(C)C)c2)c1. The van der Waals surface area contributed by atoms with E-state index in [1.165, 1.54) is 0 Å². The highest BCUT2D eigenvalue weighted by molar-refractivity contribution is 5.85. The van der Waals surface area contributed by atoms with Crippen LogP contribution >= 0.6 is 0 Å². The summed E-state index contributed by atoms with van der Waals surface area (Å²) in [6, 6.07) is 19.3. The molecule has 0 spiro atoms. The van der Waals surface area contributed by atoms with E-state index < -0.39 is 6.29 Å². The lowest BCUT2D eigenvalue weighted by molar-refractivity contribution is -0.137. The Morgan fingerprint density at radius 1 is 1.00 bits per heavy atom. The Hall–Kier alpha value is -4.60. The molecule has 0 amide bonds. The number of benzene rings is 2. The maximum absolute atomic E-state index is 10.4. The molecule has 0 heterocycles. The largest absolute Gasteiger partial charge is 0.494 e. The molecule has 2 aromatic carbocycles. The third kappa shape index (κ3) is 14.6. The number of nitrogens with one attached hydrogen (secondary N) is 1. The van der Waals surface area contributed by atoms with Crippen molar-refractivity contribution in [2.75, 3.05) is 26.9 Å². The van der Waals surface area contributed by atoms with E-state index in [4.69, 9.17) is 18.9 Å². The second-order valence-corrected chi connectivity index (χ2v) is 12.2. The summed E-state index contributed by atoms with van der Waals surface area (Å²) in [4.78, 5) is 0. The molecule has 2 atom stereocenters. The Morgan fingerprint density at radius 2 is 1.70 bits per heavy atom. The van der Waals surface area contributed by atoms with Gasteiger partial charge < -0.3 is 29.4 Å². The summed E-state index contributed by atoms with van der Waals surface area (Å²) in [6.07, 6.45) is 11.6. The zero-order valence-electron chi connectivity index (χ0n) is 28.7. The lowest BCUT2D eigenvalue weighted by atomic mass is 9.92. The fourth-order valence-corrected chi connectivity index (χ4v) is 4.25. The van der Waals surface area contributed by atoms with Gasteiger partial charge in [-0.05, 0) is 80.3 Å². The minimum absolute atomic E-state index is 0.102. The van der Waals surface area contributed by atoms with Crippen molar-refractivity contribution in [3.05, 3.63) is 108 Å². The lowest BCUT2D eigenvalue weighted by Crippen LogP contribution is -2.22. The van der Waals surface area contributed by atoms with Crippen molar-refractivity contribution in [2.45, 2.75) is 60.7 Å². The highest BCUT2D eigenvalue weighted by Gasteiger charge is 2.15. The molecule has 8 nitrogen and oxygen atoms in total. The molecule has 2 N–H and O–H groups in total. The van der Waals surface area contributed by atoms with Crippen LogP contribution in [0, 0.1) is 34.0 Å². The van der Waals surface area contributed by atoms with Crippen molar-refractivity contribution in [2.24, 2.45) is 11.3 Å². The molecule has 0 aliphatic heterocycles. The Labute approximate surface area is 280 Å². The van der Waals surface area contributed by atoms with Gasteiger partial charge in [0.05, 0.1) is 31.0 Å². The molecule has 0 fully saturated rings. The summed E-state index contributed by atoms with van der Waals surface area (Å²) in [5.74, 6) is 1.76. The van der Waals surface area contributed by atoms with E-state index in [9.17, 15) is 15.6 Å². The average molecular weight is 640 g/mol. The van der Waals surface area contributed by atoms with Gasteiger partial charge in [0, 0.05) is 30.4 Å². The monoisotopic (exact) mass is 639 g/mol. The van der Waals surface area contributed by atoms with Crippen LogP contribution in [0.4, 0.5) is 0 Å². The molecule has 250 valence electrons. The molecule has 0 aromatic heterocycles. The molecular formula is C39H49N3O5. The summed E-state index contributed by atoms with van der Waals surface area (Å²) in [5.41, 5.74) is 2.59. The summed E-state index contributed by atoms with van der Waals surface area (Å²) in [7, 11) is 1.58. The molecule has 0 aliphatic rings. The standard InChI is InChI=1S/C39H49N3O5/c1-8-45-33-17-12-19-35(26-33)47-34-18-11-16-31(25-34)36(37(28-41)32(27-40)15-9-10-20-39(4,5)6)24-30(3)42-21-13-14-29(2)38(43)46-23-22-44-7/h9-13,15-19,21,24-26,29,38,42-43H,8,14,20,22-23H2,1-7H3/b10-9+,21-13+,30-24-,32-15-,37-36+. The van der Waals surface area contributed by atoms with Gasteiger partial charge in [-0.15, -0.1) is 0 Å². The van der Waals surface area contributed by atoms with Gasteiger partial charge in [-0.3, -0.25) is 0 Å². The van der Waals surface area contributed by atoms with Gasteiger partial charge in [0.2, 0.25) is 0 Å². The number of nitrogens with zero attached hydrogens (tertiary/aromatic N) is 2. The number of hydrogen-bond donors (Lipinski definition) is 2. The first-order chi connectivity index (χ1) is 22.5. The Balaban J connectivity index is 2.46. The van der Waals surface area contributed by atoms with Crippen LogP contribution in [0.2, 0.25) is 0 Å². The number of aliphatic hydroxyl groups is 1. The average Bonchev–Trinajstić information content (AvgIpc) is 3.03. The van der Waals surface area contributed by atoms with E-state index in [-0.39, 0.29) is 22.5 Å². The molecule has 0 radical (unpaired) electrons. The van der Waals surface area contributed by atoms with Crippen molar-refractivity contribution in [1.29, 1.82) is 10.5 Å². The summed E-state index contributed by atoms with van der Waals surface area (Å²) < 4.78 is 22.1. The van der Waals surface area contributed by atoms with Crippen LogP contribution in [0.1, 0.15) is 59.9 Å². The number of allylic oxidation sites excluding steroid dienone is 9. The first kappa shape index (κ1) is 38.6. The molecule has 2 unspecified atom stereocenters. The van der Waals surface area contributed by atoms with Gasteiger partial charge >= 0.3 is 0 Å². The van der Waals surface area contributed by atoms with Crippen molar-refractivity contribution in [3.8, 4) is 29.4 Å². The summed E-state index contributed by atoms with van der Waals surface area (Å²) in [6.45, 7) is 13.4. The molecular weight excluding hydrogens is 590 g/mol. The number of nitriles is 2. The topological polar surface area (TPSA) is 117 Å². The third-order valence-electron chi connectivity index (χ3n) is 6.76. The number of methoxy groups -OCH3 is 1. The van der Waals surface area contributed by atoms with Crippen LogP contribution in [0.5, 0.6) is 17.2 Å².